The van der Waals surface area contributed by atoms with Gasteiger partial charge >= 0.3 is 0 Å². The van der Waals surface area contributed by atoms with E-state index in [1.54, 1.807) is 18.2 Å². The predicted molar refractivity (Wildman–Crippen MR) is 114 cm³/mol. The van der Waals surface area contributed by atoms with Gasteiger partial charge < -0.3 is 5.32 Å². The van der Waals surface area contributed by atoms with Crippen molar-refractivity contribution in [3.8, 4) is 0 Å². The first-order chi connectivity index (χ1) is 14.0. The summed E-state index contributed by atoms with van der Waals surface area (Å²) in [4.78, 5) is 38.9. The highest BCUT2D eigenvalue weighted by Gasteiger charge is 2.34. The first-order valence-electron chi connectivity index (χ1n) is 8.98. The average Bonchev–Trinajstić information content (AvgIpc) is 2.97. The minimum atomic E-state index is -0.343. The number of benzene rings is 2. The van der Waals surface area contributed by atoms with E-state index in [1.165, 1.54) is 23.9 Å². The molecule has 0 bridgehead atoms. The Labute approximate surface area is 176 Å². The van der Waals surface area contributed by atoms with Gasteiger partial charge in [-0.15, -0.1) is 11.8 Å². The highest BCUT2D eigenvalue weighted by molar-refractivity contribution is 8.18. The number of carbonyl (C=O) groups excluding carboxylic acids is 3. The number of nitrogens with one attached hydrogen (secondary N) is 1. The number of carbonyl (C=O) groups is 3. The Bertz CT molecular complexity index is 917. The van der Waals surface area contributed by atoms with Gasteiger partial charge in [-0.05, 0) is 47.7 Å². The fraction of sp³-hybridized carbons (Fsp3) is 0.190. The lowest BCUT2D eigenvalue weighted by molar-refractivity contribution is -0.124. The van der Waals surface area contributed by atoms with Crippen LogP contribution in [0.3, 0.4) is 0 Å². The Morgan fingerprint density at radius 2 is 1.83 bits per heavy atom. The number of halogens is 1. The fourth-order valence-corrected chi connectivity index (χ4v) is 4.30. The number of rotatable bonds is 8. The minimum Gasteiger partial charge on any atom is -0.354 e. The monoisotopic (exact) mass is 430 g/mol. The second kappa shape index (κ2) is 10.3. The zero-order valence-corrected chi connectivity index (χ0v) is 17.1. The van der Waals surface area contributed by atoms with Crippen LogP contribution in [0.5, 0.6) is 0 Å². The van der Waals surface area contributed by atoms with Gasteiger partial charge in [-0.1, -0.05) is 30.3 Å². The lowest BCUT2D eigenvalue weighted by atomic mass is 10.2. The van der Waals surface area contributed by atoms with Gasteiger partial charge in [-0.25, -0.2) is 4.39 Å². The highest BCUT2D eigenvalue weighted by atomic mass is 32.2. The van der Waals surface area contributed by atoms with E-state index in [-0.39, 0.29) is 42.4 Å². The molecule has 1 heterocycles. The number of thioether (sulfide) groups is 2. The van der Waals surface area contributed by atoms with Gasteiger partial charge in [0.05, 0.1) is 4.91 Å². The third-order valence-electron chi connectivity index (χ3n) is 4.04. The van der Waals surface area contributed by atoms with Gasteiger partial charge in [0.25, 0.3) is 11.1 Å². The number of amides is 3. The zero-order valence-electron chi connectivity index (χ0n) is 15.5. The molecule has 150 valence electrons. The van der Waals surface area contributed by atoms with Gasteiger partial charge in [0.1, 0.15) is 5.82 Å². The van der Waals surface area contributed by atoms with Crippen LogP contribution < -0.4 is 5.32 Å². The maximum Gasteiger partial charge on any atom is 0.293 e. The fourth-order valence-electron chi connectivity index (χ4n) is 2.58. The summed E-state index contributed by atoms with van der Waals surface area (Å²) in [5.41, 5.74) is 0.852. The molecule has 0 spiro atoms. The quantitative estimate of drug-likeness (QED) is 0.503. The first kappa shape index (κ1) is 21.1. The summed E-state index contributed by atoms with van der Waals surface area (Å²) in [6.07, 6.45) is 1.98. The molecule has 0 radical (unpaired) electrons. The molecule has 8 heteroatoms. The molecule has 2 aromatic carbocycles. The molecule has 0 aliphatic carbocycles. The van der Waals surface area contributed by atoms with Crippen molar-refractivity contribution >= 4 is 46.7 Å². The van der Waals surface area contributed by atoms with Gasteiger partial charge in [-0.3, -0.25) is 19.3 Å². The van der Waals surface area contributed by atoms with Crippen LogP contribution in [0.1, 0.15) is 12.0 Å². The van der Waals surface area contributed by atoms with E-state index >= 15 is 0 Å². The Morgan fingerprint density at radius 1 is 1.10 bits per heavy atom. The topological polar surface area (TPSA) is 66.5 Å². The smallest absolute Gasteiger partial charge is 0.293 e. The SMILES string of the molecule is O=C(CCSc1ccc(F)cc1)NCCN1C(=O)SC(=Cc2ccccc2)C1=O. The molecule has 2 aromatic rings. The average molecular weight is 431 g/mol. The van der Waals surface area contributed by atoms with Crippen LogP contribution in [0, 0.1) is 5.82 Å². The van der Waals surface area contributed by atoms with E-state index in [4.69, 9.17) is 0 Å². The van der Waals surface area contributed by atoms with Crippen molar-refractivity contribution in [2.24, 2.45) is 0 Å². The van der Waals surface area contributed by atoms with Crippen molar-refractivity contribution in [2.45, 2.75) is 11.3 Å². The van der Waals surface area contributed by atoms with Crippen LogP contribution in [0.25, 0.3) is 6.08 Å². The molecule has 0 saturated carbocycles. The molecule has 1 fully saturated rings. The summed E-state index contributed by atoms with van der Waals surface area (Å²) in [6.45, 7) is 0.338. The molecule has 3 rings (SSSR count). The van der Waals surface area contributed by atoms with E-state index in [1.807, 2.05) is 30.3 Å². The predicted octanol–water partition coefficient (Wildman–Crippen LogP) is 4.16. The molecular formula is C21H19FN2O3S2. The Morgan fingerprint density at radius 3 is 2.55 bits per heavy atom. The molecule has 3 amide bonds. The van der Waals surface area contributed by atoms with Crippen LogP contribution in [-0.4, -0.2) is 40.8 Å². The summed E-state index contributed by atoms with van der Waals surface area (Å²) in [5.74, 6) is -0.242. The summed E-state index contributed by atoms with van der Waals surface area (Å²) < 4.78 is 12.9. The van der Waals surface area contributed by atoms with Crippen LogP contribution in [0.15, 0.2) is 64.4 Å². The van der Waals surface area contributed by atoms with E-state index < -0.39 is 0 Å². The molecular weight excluding hydrogens is 411 g/mol. The minimum absolute atomic E-state index is 0.133. The van der Waals surface area contributed by atoms with Gasteiger partial charge in [0.2, 0.25) is 5.91 Å². The van der Waals surface area contributed by atoms with E-state index in [2.05, 4.69) is 5.32 Å². The molecule has 0 aromatic heterocycles. The summed E-state index contributed by atoms with van der Waals surface area (Å²) >= 11 is 2.36. The molecule has 1 N–H and O–H groups in total. The lowest BCUT2D eigenvalue weighted by Crippen LogP contribution is -2.37. The Hall–Kier alpha value is -2.58. The van der Waals surface area contributed by atoms with E-state index in [0.29, 0.717) is 10.7 Å². The standard InChI is InChI=1S/C21H19FN2O3S2/c22-16-6-8-17(9-7-16)28-13-10-19(25)23-11-12-24-20(26)18(29-21(24)27)14-15-4-2-1-3-5-15/h1-9,14H,10-13H2,(H,23,25). The lowest BCUT2D eigenvalue weighted by Gasteiger charge is -2.13. The van der Waals surface area contributed by atoms with Gasteiger partial charge in [-0.2, -0.15) is 0 Å². The second-order valence-electron chi connectivity index (χ2n) is 6.15. The van der Waals surface area contributed by atoms with Crippen molar-refractivity contribution < 1.29 is 18.8 Å². The number of hydrogen-bond donors (Lipinski definition) is 1. The third-order valence-corrected chi connectivity index (χ3v) is 5.96. The number of nitrogens with zero attached hydrogens (tertiary/aromatic N) is 1. The van der Waals surface area contributed by atoms with Crippen molar-refractivity contribution in [2.75, 3.05) is 18.8 Å². The number of hydrogen-bond acceptors (Lipinski definition) is 5. The molecule has 1 saturated heterocycles. The maximum absolute atomic E-state index is 12.9. The normalized spacial score (nSPS) is 15.2. The molecule has 0 atom stereocenters. The van der Waals surface area contributed by atoms with Crippen LogP contribution >= 0.6 is 23.5 Å². The zero-order chi connectivity index (χ0) is 20.6. The van der Waals surface area contributed by atoms with Crippen LogP contribution in [0.4, 0.5) is 9.18 Å². The van der Waals surface area contributed by atoms with Crippen molar-refractivity contribution in [1.82, 2.24) is 10.2 Å². The largest absolute Gasteiger partial charge is 0.354 e. The van der Waals surface area contributed by atoms with E-state index in [0.717, 1.165) is 27.1 Å². The third kappa shape index (κ3) is 6.20. The highest BCUT2D eigenvalue weighted by Crippen LogP contribution is 2.31. The second-order valence-corrected chi connectivity index (χ2v) is 8.31. The van der Waals surface area contributed by atoms with Gasteiger partial charge in [0, 0.05) is 30.2 Å². The van der Waals surface area contributed by atoms with Crippen molar-refractivity contribution in [3.05, 3.63) is 70.9 Å². The summed E-state index contributed by atoms with van der Waals surface area (Å²) in [7, 11) is 0. The Kier molecular flexibility index (Phi) is 7.48. The van der Waals surface area contributed by atoms with Crippen molar-refractivity contribution in [3.63, 3.8) is 0 Å². The van der Waals surface area contributed by atoms with E-state index in [9.17, 15) is 18.8 Å². The molecule has 5 nitrogen and oxygen atoms in total. The Balaban J connectivity index is 1.41. The van der Waals surface area contributed by atoms with Crippen molar-refractivity contribution in [1.29, 1.82) is 0 Å². The number of imide groups is 1. The first-order valence-corrected chi connectivity index (χ1v) is 10.8. The maximum atomic E-state index is 12.9. The summed E-state index contributed by atoms with van der Waals surface area (Å²) in [6, 6.07) is 15.4. The summed E-state index contributed by atoms with van der Waals surface area (Å²) in [5, 5.41) is 2.39. The van der Waals surface area contributed by atoms with Gasteiger partial charge in [0.15, 0.2) is 0 Å². The van der Waals surface area contributed by atoms with Crippen LogP contribution in [-0.2, 0) is 9.59 Å². The molecule has 1 aliphatic rings. The molecule has 0 unspecified atom stereocenters. The molecule has 29 heavy (non-hydrogen) atoms. The van der Waals surface area contributed by atoms with Crippen LogP contribution in [0.2, 0.25) is 0 Å². The molecule has 1 aliphatic heterocycles.